The molecule has 2 heteroatoms. The van der Waals surface area contributed by atoms with Gasteiger partial charge in [0.1, 0.15) is 0 Å². The lowest BCUT2D eigenvalue weighted by molar-refractivity contribution is -0.109. The number of likely N-dealkylation sites (tertiary alicyclic amines) is 1. The van der Waals surface area contributed by atoms with Crippen LogP contribution < -0.4 is 5.73 Å². The van der Waals surface area contributed by atoms with Crippen molar-refractivity contribution in [3.8, 4) is 0 Å². The Balaban J connectivity index is 1.57. The SMILES string of the molecule is CC(N)C1CCCCN1C(C)C12CC3CC(CC(C3)C1)C2. The van der Waals surface area contributed by atoms with Crippen LogP contribution in [-0.4, -0.2) is 29.6 Å². The lowest BCUT2D eigenvalue weighted by Gasteiger charge is -2.61. The highest BCUT2D eigenvalue weighted by Crippen LogP contribution is 2.62. The van der Waals surface area contributed by atoms with E-state index in [0.717, 1.165) is 23.8 Å². The van der Waals surface area contributed by atoms with E-state index in [-0.39, 0.29) is 0 Å². The van der Waals surface area contributed by atoms with E-state index < -0.39 is 0 Å². The zero-order valence-electron chi connectivity index (χ0n) is 14.1. The van der Waals surface area contributed by atoms with Crippen LogP contribution >= 0.6 is 0 Å². The van der Waals surface area contributed by atoms with Gasteiger partial charge in [0.05, 0.1) is 0 Å². The third-order valence-corrected chi connectivity index (χ3v) is 7.67. The molecule has 120 valence electrons. The summed E-state index contributed by atoms with van der Waals surface area (Å²) in [5, 5.41) is 0. The van der Waals surface area contributed by atoms with Gasteiger partial charge in [-0.25, -0.2) is 0 Å². The zero-order valence-corrected chi connectivity index (χ0v) is 14.1. The molecule has 0 spiro atoms. The van der Waals surface area contributed by atoms with Crippen LogP contribution in [0.1, 0.15) is 71.6 Å². The minimum Gasteiger partial charge on any atom is -0.327 e. The average Bonchev–Trinajstić information content (AvgIpc) is 2.45. The fourth-order valence-corrected chi connectivity index (χ4v) is 7.07. The molecule has 2 nitrogen and oxygen atoms in total. The Morgan fingerprint density at radius 1 is 0.952 bits per heavy atom. The summed E-state index contributed by atoms with van der Waals surface area (Å²) < 4.78 is 0. The van der Waals surface area contributed by atoms with Gasteiger partial charge >= 0.3 is 0 Å². The molecule has 0 aromatic heterocycles. The summed E-state index contributed by atoms with van der Waals surface area (Å²) in [4.78, 5) is 2.85. The fraction of sp³-hybridized carbons (Fsp3) is 1.00. The summed E-state index contributed by atoms with van der Waals surface area (Å²) in [5.41, 5.74) is 7.00. The molecule has 1 heterocycles. The lowest BCUT2D eigenvalue weighted by Crippen LogP contribution is -2.61. The molecule has 5 rings (SSSR count). The second-order valence-electron chi connectivity index (χ2n) is 9.12. The van der Waals surface area contributed by atoms with Crippen LogP contribution in [0.5, 0.6) is 0 Å². The largest absolute Gasteiger partial charge is 0.327 e. The molecular formula is C19H34N2. The van der Waals surface area contributed by atoms with E-state index in [2.05, 4.69) is 18.7 Å². The second-order valence-corrected chi connectivity index (χ2v) is 9.12. The Morgan fingerprint density at radius 3 is 2.05 bits per heavy atom. The van der Waals surface area contributed by atoms with Crippen LogP contribution in [-0.2, 0) is 0 Å². The number of nitrogens with two attached hydrogens (primary N) is 1. The highest BCUT2D eigenvalue weighted by Gasteiger charge is 2.54. The lowest BCUT2D eigenvalue weighted by atomic mass is 9.47. The van der Waals surface area contributed by atoms with Gasteiger partial charge in [0.2, 0.25) is 0 Å². The van der Waals surface area contributed by atoms with E-state index in [9.17, 15) is 0 Å². The Morgan fingerprint density at radius 2 is 1.52 bits per heavy atom. The first-order chi connectivity index (χ1) is 10.1. The molecule has 21 heavy (non-hydrogen) atoms. The number of rotatable bonds is 3. The molecule has 3 unspecified atom stereocenters. The second kappa shape index (κ2) is 5.23. The molecule has 0 aromatic rings. The molecule has 5 fully saturated rings. The van der Waals surface area contributed by atoms with Crippen molar-refractivity contribution in [1.29, 1.82) is 0 Å². The van der Waals surface area contributed by atoms with Crippen molar-refractivity contribution in [2.24, 2.45) is 28.9 Å². The third kappa shape index (κ3) is 2.37. The minimum absolute atomic E-state index is 0.335. The molecule has 4 aliphatic carbocycles. The zero-order chi connectivity index (χ0) is 14.6. The Labute approximate surface area is 130 Å². The minimum atomic E-state index is 0.335. The fourth-order valence-electron chi connectivity index (χ4n) is 7.07. The molecule has 3 atom stereocenters. The van der Waals surface area contributed by atoms with Gasteiger partial charge in [0, 0.05) is 18.1 Å². The molecular weight excluding hydrogens is 256 g/mol. The van der Waals surface area contributed by atoms with E-state index in [1.807, 2.05) is 0 Å². The highest BCUT2D eigenvalue weighted by atomic mass is 15.2. The smallest absolute Gasteiger partial charge is 0.0247 e. The quantitative estimate of drug-likeness (QED) is 0.857. The standard InChI is InChI=1S/C19H34N2/c1-13(20)18-5-3-4-6-21(18)14(2)19-10-15-7-16(11-19)9-17(8-15)12-19/h13-18H,3-12,20H2,1-2H3. The summed E-state index contributed by atoms with van der Waals surface area (Å²) in [6.07, 6.45) is 13.4. The van der Waals surface area contributed by atoms with Crippen LogP contribution in [0.4, 0.5) is 0 Å². The summed E-state index contributed by atoms with van der Waals surface area (Å²) in [5.74, 6) is 3.20. The number of hydrogen-bond acceptors (Lipinski definition) is 2. The van der Waals surface area contributed by atoms with Gasteiger partial charge in [-0.2, -0.15) is 0 Å². The molecule has 5 aliphatic rings. The average molecular weight is 290 g/mol. The molecule has 0 aromatic carbocycles. The molecule has 0 radical (unpaired) electrons. The first-order valence-corrected chi connectivity index (χ1v) is 9.59. The van der Waals surface area contributed by atoms with Crippen LogP contribution in [0.2, 0.25) is 0 Å². The molecule has 1 aliphatic heterocycles. The Kier molecular flexibility index (Phi) is 3.61. The van der Waals surface area contributed by atoms with Gasteiger partial charge in [0.25, 0.3) is 0 Å². The van der Waals surface area contributed by atoms with Gasteiger partial charge in [-0.05, 0) is 94.9 Å². The van der Waals surface area contributed by atoms with E-state index in [4.69, 9.17) is 5.73 Å². The van der Waals surface area contributed by atoms with E-state index in [1.165, 1.54) is 45.1 Å². The maximum atomic E-state index is 6.35. The normalized spacial score (nSPS) is 49.3. The first-order valence-electron chi connectivity index (χ1n) is 9.59. The molecule has 4 bridgehead atoms. The number of hydrogen-bond donors (Lipinski definition) is 1. The van der Waals surface area contributed by atoms with Crippen LogP contribution in [0.15, 0.2) is 0 Å². The summed E-state index contributed by atoms with van der Waals surface area (Å²) in [6, 6.07) is 1.74. The van der Waals surface area contributed by atoms with E-state index in [1.54, 1.807) is 19.3 Å². The number of nitrogens with zero attached hydrogens (tertiary/aromatic N) is 1. The maximum absolute atomic E-state index is 6.35. The molecule has 4 saturated carbocycles. The van der Waals surface area contributed by atoms with Crippen molar-refractivity contribution in [1.82, 2.24) is 4.90 Å². The van der Waals surface area contributed by atoms with Gasteiger partial charge in [-0.3, -0.25) is 4.90 Å². The van der Waals surface area contributed by atoms with Crippen molar-refractivity contribution in [2.75, 3.05) is 6.54 Å². The summed E-state index contributed by atoms with van der Waals surface area (Å²) >= 11 is 0. The van der Waals surface area contributed by atoms with Gasteiger partial charge in [0.15, 0.2) is 0 Å². The van der Waals surface area contributed by atoms with Crippen molar-refractivity contribution in [3.05, 3.63) is 0 Å². The van der Waals surface area contributed by atoms with Crippen molar-refractivity contribution in [2.45, 2.75) is 89.8 Å². The number of piperidine rings is 1. The monoisotopic (exact) mass is 290 g/mol. The summed E-state index contributed by atoms with van der Waals surface area (Å²) in [6.45, 7) is 6.10. The van der Waals surface area contributed by atoms with Crippen molar-refractivity contribution >= 4 is 0 Å². The predicted octanol–water partition coefficient (Wildman–Crippen LogP) is 3.79. The third-order valence-electron chi connectivity index (χ3n) is 7.67. The predicted molar refractivity (Wildman–Crippen MR) is 88.1 cm³/mol. The topological polar surface area (TPSA) is 29.3 Å². The van der Waals surface area contributed by atoms with Gasteiger partial charge in [-0.15, -0.1) is 0 Å². The molecule has 0 amide bonds. The van der Waals surface area contributed by atoms with Gasteiger partial charge < -0.3 is 5.73 Å². The highest BCUT2D eigenvalue weighted by molar-refractivity contribution is 5.06. The van der Waals surface area contributed by atoms with Gasteiger partial charge in [-0.1, -0.05) is 6.42 Å². The maximum Gasteiger partial charge on any atom is 0.0247 e. The summed E-state index contributed by atoms with van der Waals surface area (Å²) in [7, 11) is 0. The first kappa shape index (κ1) is 14.5. The molecule has 2 N–H and O–H groups in total. The Hall–Kier alpha value is -0.0800. The van der Waals surface area contributed by atoms with E-state index >= 15 is 0 Å². The van der Waals surface area contributed by atoms with Crippen LogP contribution in [0, 0.1) is 23.2 Å². The van der Waals surface area contributed by atoms with Crippen LogP contribution in [0.25, 0.3) is 0 Å². The van der Waals surface area contributed by atoms with Crippen LogP contribution in [0.3, 0.4) is 0 Å². The Bertz CT molecular complexity index is 354. The van der Waals surface area contributed by atoms with E-state index in [0.29, 0.717) is 17.5 Å². The molecule has 1 saturated heterocycles. The van der Waals surface area contributed by atoms with Crippen molar-refractivity contribution < 1.29 is 0 Å². The van der Waals surface area contributed by atoms with Crippen molar-refractivity contribution in [3.63, 3.8) is 0 Å².